The maximum absolute atomic E-state index is 4.86. The number of fused-ring (bicyclic) bond motifs is 2. The summed E-state index contributed by atoms with van der Waals surface area (Å²) in [5, 5.41) is 8.92. The van der Waals surface area contributed by atoms with E-state index in [0.29, 0.717) is 23.7 Å². The molecule has 8 heterocycles. The highest BCUT2D eigenvalue weighted by atomic mass is 127. The van der Waals surface area contributed by atoms with Crippen molar-refractivity contribution in [3.63, 3.8) is 0 Å². The predicted molar refractivity (Wildman–Crippen MR) is 232 cm³/mol. The summed E-state index contributed by atoms with van der Waals surface area (Å²) in [4.78, 5) is 37.0. The molecule has 0 aliphatic heterocycles. The van der Waals surface area contributed by atoms with Crippen molar-refractivity contribution >= 4 is 40.0 Å². The van der Waals surface area contributed by atoms with Gasteiger partial charge in [0.25, 0.3) is 0 Å². The van der Waals surface area contributed by atoms with Crippen LogP contribution < -0.4 is 0 Å². The number of pyridine rings is 2. The van der Waals surface area contributed by atoms with Gasteiger partial charge in [-0.05, 0) is 114 Å². The van der Waals surface area contributed by atoms with Crippen LogP contribution in [0.2, 0.25) is 0 Å². The molecule has 294 valence electrons. The molecule has 2 saturated carbocycles. The van der Waals surface area contributed by atoms with E-state index in [4.69, 9.17) is 19.9 Å². The largest absolute Gasteiger partial charge is 0.300 e. The average Bonchev–Trinajstić information content (AvgIpc) is 4.03. The van der Waals surface area contributed by atoms with Gasteiger partial charge in [-0.3, -0.25) is 4.40 Å². The number of halogens is 1. The van der Waals surface area contributed by atoms with Gasteiger partial charge >= 0.3 is 0 Å². The summed E-state index contributed by atoms with van der Waals surface area (Å²) in [7, 11) is 0. The molecule has 58 heavy (non-hydrogen) atoms. The molecule has 8 aromatic rings. The van der Waals surface area contributed by atoms with Crippen LogP contribution in [0.15, 0.2) is 80.2 Å². The van der Waals surface area contributed by atoms with Crippen LogP contribution >= 0.6 is 22.6 Å². The summed E-state index contributed by atoms with van der Waals surface area (Å²) in [5.74, 6) is 7.62. The maximum atomic E-state index is 4.86. The predicted octanol–water partition coefficient (Wildman–Crippen LogP) is 8.24. The van der Waals surface area contributed by atoms with Crippen LogP contribution in [0.1, 0.15) is 107 Å². The Kier molecular flexibility index (Phi) is 10.6. The van der Waals surface area contributed by atoms with Gasteiger partial charge in [0.1, 0.15) is 49.9 Å². The van der Waals surface area contributed by atoms with Crippen molar-refractivity contribution in [1.82, 2.24) is 68.2 Å². The highest BCUT2D eigenvalue weighted by Crippen LogP contribution is 2.56. The summed E-state index contributed by atoms with van der Waals surface area (Å²) < 4.78 is 8.99. The molecule has 0 amide bonds. The highest BCUT2D eigenvalue weighted by molar-refractivity contribution is 14.1. The van der Waals surface area contributed by atoms with E-state index < -0.39 is 0 Å². The molecule has 10 rings (SSSR count). The Morgan fingerprint density at radius 3 is 1.52 bits per heavy atom. The van der Waals surface area contributed by atoms with E-state index in [1.54, 1.807) is 15.4 Å². The molecule has 0 N–H and O–H groups in total. The van der Waals surface area contributed by atoms with Crippen LogP contribution in [0.5, 0.6) is 0 Å². The van der Waals surface area contributed by atoms with Crippen molar-refractivity contribution in [2.45, 2.75) is 85.0 Å². The Morgan fingerprint density at radius 1 is 0.586 bits per heavy atom. The van der Waals surface area contributed by atoms with Crippen LogP contribution in [-0.4, -0.2) is 68.2 Å². The Balaban J connectivity index is 0.000000152. The lowest BCUT2D eigenvalue weighted by Gasteiger charge is -2.07. The summed E-state index contributed by atoms with van der Waals surface area (Å²) in [6.07, 6.45) is 9.82. The second-order valence-corrected chi connectivity index (χ2v) is 15.7. The molecule has 4 atom stereocenters. The second kappa shape index (κ2) is 15.8. The molecular weight excluding hydrogens is 839 g/mol. The van der Waals surface area contributed by atoms with Crippen LogP contribution in [0.4, 0.5) is 0 Å². The topological polar surface area (TPSA) is 148 Å². The minimum absolute atomic E-state index is 0.328. The van der Waals surface area contributed by atoms with Gasteiger partial charge in [0.15, 0.2) is 11.6 Å². The summed E-state index contributed by atoms with van der Waals surface area (Å²) >= 11 is 2.39. The Hall–Kier alpha value is -5.97. The van der Waals surface area contributed by atoms with Gasteiger partial charge < -0.3 is 4.40 Å². The van der Waals surface area contributed by atoms with Crippen molar-refractivity contribution in [3.05, 3.63) is 147 Å². The minimum atomic E-state index is 0.328. The molecule has 0 spiro atoms. The molecule has 0 aromatic carbocycles. The first-order chi connectivity index (χ1) is 28.0. The van der Waals surface area contributed by atoms with E-state index in [1.807, 2.05) is 109 Å². The van der Waals surface area contributed by atoms with Gasteiger partial charge in [-0.25, -0.2) is 39.9 Å². The maximum Gasteiger partial charge on any atom is 0.159 e. The lowest BCUT2D eigenvalue weighted by atomic mass is 10.1. The van der Waals surface area contributed by atoms with Crippen LogP contribution in [0, 0.1) is 45.2 Å². The molecule has 0 radical (unpaired) electrons. The number of aromatic nitrogens is 14. The normalized spacial score (nSPS) is 18.0. The quantitative estimate of drug-likeness (QED) is 0.113. The van der Waals surface area contributed by atoms with E-state index in [9.17, 15) is 0 Å². The summed E-state index contributed by atoms with van der Waals surface area (Å²) in [6, 6.07) is 16.2. The zero-order valence-electron chi connectivity index (χ0n) is 33.7. The standard InChI is InChI=1S/C21H21N7.C19H18IN7.C3H6/c1-5-18-21(25-19-8-6-7-9-27(18)19)16-10-15(16)17-11-20(24-12(2)23-17)28-14(4)22-13(3)26-28;1-10-22-15(9-17(23-10)27-12(3)21-11(2)25-27)13-8-14(13)18-19(20)26-7-5-4-6-16(26)24-18;1-3-2/h5-9,11,15-16H,1,10H2,2-4H3;4-7,9,13-14H,8H2,1-3H3;3H,1H2,2H3/t15?,16-;13?,14-;/m11./s1. The smallest absolute Gasteiger partial charge is 0.159 e. The zero-order chi connectivity index (χ0) is 40.8. The van der Waals surface area contributed by atoms with Gasteiger partial charge in [-0.1, -0.05) is 24.8 Å². The number of rotatable bonds is 7. The zero-order valence-corrected chi connectivity index (χ0v) is 35.9. The molecule has 2 fully saturated rings. The molecular formula is C43H45IN14. The molecule has 8 aromatic heterocycles. The van der Waals surface area contributed by atoms with Gasteiger partial charge in [0.05, 0.1) is 28.5 Å². The molecule has 2 aliphatic carbocycles. The third-order valence-corrected chi connectivity index (χ3v) is 11.3. The summed E-state index contributed by atoms with van der Waals surface area (Å²) in [6.45, 7) is 20.7. The number of hydrogen-bond donors (Lipinski definition) is 0. The molecule has 14 nitrogen and oxygen atoms in total. The molecule has 15 heteroatoms. The average molecular weight is 885 g/mol. The number of imidazole rings is 2. The molecule has 2 unspecified atom stereocenters. The van der Waals surface area contributed by atoms with E-state index in [0.717, 1.165) is 99.2 Å². The van der Waals surface area contributed by atoms with Crippen molar-refractivity contribution in [2.24, 2.45) is 0 Å². The Bertz CT molecular complexity index is 2830. The lowest BCUT2D eigenvalue weighted by Crippen LogP contribution is -2.06. The fourth-order valence-electron chi connectivity index (χ4n) is 7.60. The van der Waals surface area contributed by atoms with Crippen molar-refractivity contribution < 1.29 is 0 Å². The fourth-order valence-corrected chi connectivity index (χ4v) is 8.53. The molecule has 2 aliphatic rings. The first kappa shape index (κ1) is 38.9. The lowest BCUT2D eigenvalue weighted by molar-refractivity contribution is 0.777. The number of hydrogen-bond acceptors (Lipinski definition) is 10. The number of aryl methyl sites for hydroxylation is 6. The third kappa shape index (κ3) is 7.57. The SMILES string of the molecule is C=CC.C=Cc1c([C@@H]2CC2c2cc(-n3nc(C)nc3C)nc(C)n2)nc2ccccn12.Cc1nc(C2C[C@H]2c2nc3ccccn3c2I)cc(-n2nc(C)nc2C)n1. The molecule has 0 saturated heterocycles. The number of allylic oxidation sites excluding steroid dienone is 1. The first-order valence-corrected chi connectivity index (χ1v) is 20.4. The van der Waals surface area contributed by atoms with Crippen molar-refractivity contribution in [2.75, 3.05) is 0 Å². The van der Waals surface area contributed by atoms with Gasteiger partial charge in [-0.2, -0.15) is 9.36 Å². The Morgan fingerprint density at radius 2 is 1.05 bits per heavy atom. The summed E-state index contributed by atoms with van der Waals surface area (Å²) in [5.41, 5.74) is 7.36. The van der Waals surface area contributed by atoms with Crippen LogP contribution in [0.3, 0.4) is 0 Å². The van der Waals surface area contributed by atoms with Crippen LogP contribution in [-0.2, 0) is 0 Å². The first-order valence-electron chi connectivity index (χ1n) is 19.3. The van der Waals surface area contributed by atoms with Crippen molar-refractivity contribution in [3.8, 4) is 11.6 Å². The van der Waals surface area contributed by atoms with Gasteiger partial charge in [0, 0.05) is 48.2 Å². The molecule has 0 bridgehead atoms. The third-order valence-electron chi connectivity index (χ3n) is 10.2. The second-order valence-electron chi connectivity index (χ2n) is 14.7. The number of nitrogens with zero attached hydrogens (tertiary/aromatic N) is 14. The van der Waals surface area contributed by atoms with E-state index >= 15 is 0 Å². The van der Waals surface area contributed by atoms with Gasteiger partial charge in [-0.15, -0.1) is 16.8 Å². The Labute approximate surface area is 350 Å². The van der Waals surface area contributed by atoms with E-state index in [-0.39, 0.29) is 0 Å². The fraction of sp³-hybridized carbons (Fsp3) is 0.302. The van der Waals surface area contributed by atoms with E-state index in [1.165, 1.54) is 3.70 Å². The van der Waals surface area contributed by atoms with E-state index in [2.05, 4.69) is 80.9 Å². The van der Waals surface area contributed by atoms with Gasteiger partial charge in [0.2, 0.25) is 0 Å². The van der Waals surface area contributed by atoms with Crippen molar-refractivity contribution in [1.29, 1.82) is 0 Å². The minimum Gasteiger partial charge on any atom is -0.300 e. The van der Waals surface area contributed by atoms with Crippen LogP contribution in [0.25, 0.3) is 29.0 Å². The monoisotopic (exact) mass is 884 g/mol. The highest BCUT2D eigenvalue weighted by Gasteiger charge is 2.45.